The Balaban J connectivity index is 1.65. The maximum Gasteiger partial charge on any atom is 0.130 e. The number of benzene rings is 1. The highest BCUT2D eigenvalue weighted by Gasteiger charge is 2.23. The lowest BCUT2D eigenvalue weighted by molar-refractivity contribution is 0.0985. The van der Waals surface area contributed by atoms with Crippen LogP contribution < -0.4 is 9.64 Å². The van der Waals surface area contributed by atoms with Gasteiger partial charge >= 0.3 is 0 Å². The quantitative estimate of drug-likeness (QED) is 0.500. The van der Waals surface area contributed by atoms with Crippen molar-refractivity contribution in [2.75, 3.05) is 31.8 Å². The van der Waals surface area contributed by atoms with E-state index in [1.165, 1.54) is 0 Å². The average molecular weight is 434 g/mol. The fourth-order valence-corrected chi connectivity index (χ4v) is 4.73. The average Bonchev–Trinajstić information content (AvgIpc) is 3.34. The minimum Gasteiger partial charge on any atom is -0.497 e. The van der Waals surface area contributed by atoms with Crippen molar-refractivity contribution < 1.29 is 9.47 Å². The van der Waals surface area contributed by atoms with Crippen molar-refractivity contribution in [3.05, 3.63) is 54.9 Å². The van der Waals surface area contributed by atoms with Crippen molar-refractivity contribution in [1.29, 1.82) is 0 Å². The molecule has 0 aliphatic carbocycles. The number of anilines is 1. The molecule has 0 bridgehead atoms. The molecule has 0 radical (unpaired) electrons. The highest BCUT2D eigenvalue weighted by molar-refractivity contribution is 7.99. The third-order valence-electron chi connectivity index (χ3n) is 5.38. The van der Waals surface area contributed by atoms with E-state index in [-0.39, 0.29) is 6.04 Å². The van der Waals surface area contributed by atoms with E-state index in [0.29, 0.717) is 13.2 Å². The lowest BCUT2D eigenvalue weighted by Gasteiger charge is -2.34. The summed E-state index contributed by atoms with van der Waals surface area (Å²) in [5, 5.41) is 8.19. The maximum atomic E-state index is 5.64. The van der Waals surface area contributed by atoms with Crippen molar-refractivity contribution in [3.8, 4) is 17.1 Å². The molecule has 158 valence electrons. The molecule has 0 saturated carbocycles. The van der Waals surface area contributed by atoms with Gasteiger partial charge in [0.25, 0.3) is 0 Å². The number of hydrogen-bond donors (Lipinski definition) is 1. The number of fused-ring (bicyclic) bond motifs is 1. The highest BCUT2D eigenvalue weighted by Crippen LogP contribution is 2.38. The number of morpholine rings is 1. The van der Waals surface area contributed by atoms with Crippen molar-refractivity contribution in [2.45, 2.75) is 22.8 Å². The van der Waals surface area contributed by atoms with Gasteiger partial charge in [-0.1, -0.05) is 11.8 Å². The molecule has 1 saturated heterocycles. The number of methoxy groups -OCH3 is 1. The molecule has 3 aromatic heterocycles. The number of ether oxygens (including phenoxy) is 2. The van der Waals surface area contributed by atoms with Crippen molar-refractivity contribution >= 4 is 28.5 Å². The van der Waals surface area contributed by atoms with Gasteiger partial charge in [-0.2, -0.15) is 5.10 Å². The maximum absolute atomic E-state index is 5.64. The minimum atomic E-state index is 0.254. The summed E-state index contributed by atoms with van der Waals surface area (Å²) in [4.78, 5) is 14.3. The number of nitrogens with zero attached hydrogens (tertiary/aromatic N) is 4. The molecule has 4 aromatic rings. The first-order valence-corrected chi connectivity index (χ1v) is 11.0. The number of rotatable bonds is 5. The van der Waals surface area contributed by atoms with Crippen LogP contribution in [-0.4, -0.2) is 53.1 Å². The number of hydrogen-bond acceptors (Lipinski definition) is 7. The molecular weight excluding hydrogens is 410 g/mol. The van der Waals surface area contributed by atoms with Gasteiger partial charge in [0.15, 0.2) is 0 Å². The number of pyridine rings is 2. The Bertz CT molecular complexity index is 1180. The molecule has 1 aliphatic heterocycles. The predicted octanol–water partition coefficient (Wildman–Crippen LogP) is 4.40. The van der Waals surface area contributed by atoms with Crippen LogP contribution in [0.4, 0.5) is 5.82 Å². The second kappa shape index (κ2) is 8.56. The molecule has 31 heavy (non-hydrogen) atoms. The summed E-state index contributed by atoms with van der Waals surface area (Å²) in [5.41, 5.74) is 2.51. The number of nitrogens with one attached hydrogen (secondary N) is 1. The zero-order chi connectivity index (χ0) is 21.2. The van der Waals surface area contributed by atoms with Gasteiger partial charge in [-0.05, 0) is 49.4 Å². The van der Waals surface area contributed by atoms with Gasteiger partial charge in [0.05, 0.1) is 32.1 Å². The number of aromatic amines is 1. The fraction of sp³-hybridized carbons (Fsp3) is 0.261. The summed E-state index contributed by atoms with van der Waals surface area (Å²) in [5.74, 6) is 1.78. The van der Waals surface area contributed by atoms with Gasteiger partial charge in [-0.3, -0.25) is 10.1 Å². The fourth-order valence-electron chi connectivity index (χ4n) is 3.76. The Hall–Kier alpha value is -3.10. The van der Waals surface area contributed by atoms with Crippen LogP contribution in [0, 0.1) is 0 Å². The van der Waals surface area contributed by atoms with E-state index in [0.717, 1.165) is 50.2 Å². The topological polar surface area (TPSA) is 76.2 Å². The largest absolute Gasteiger partial charge is 0.497 e. The highest BCUT2D eigenvalue weighted by atomic mass is 32.2. The zero-order valence-corrected chi connectivity index (χ0v) is 18.2. The summed E-state index contributed by atoms with van der Waals surface area (Å²) in [6, 6.07) is 14.5. The smallest absolute Gasteiger partial charge is 0.130 e. The Morgan fingerprint density at radius 1 is 1.16 bits per heavy atom. The Morgan fingerprint density at radius 2 is 2.03 bits per heavy atom. The lowest BCUT2D eigenvalue weighted by Crippen LogP contribution is -2.44. The van der Waals surface area contributed by atoms with E-state index in [4.69, 9.17) is 14.5 Å². The monoisotopic (exact) mass is 433 g/mol. The van der Waals surface area contributed by atoms with E-state index < -0.39 is 0 Å². The molecule has 8 heteroatoms. The first-order valence-electron chi connectivity index (χ1n) is 10.2. The summed E-state index contributed by atoms with van der Waals surface area (Å²) in [7, 11) is 1.68. The normalized spacial score (nSPS) is 16.6. The molecule has 1 unspecified atom stereocenters. The summed E-state index contributed by atoms with van der Waals surface area (Å²) in [6.07, 6.45) is 3.56. The van der Waals surface area contributed by atoms with E-state index in [1.54, 1.807) is 25.1 Å². The lowest BCUT2D eigenvalue weighted by atomic mass is 10.1. The Labute approximate surface area is 184 Å². The summed E-state index contributed by atoms with van der Waals surface area (Å²) < 4.78 is 10.9. The molecule has 0 amide bonds. The van der Waals surface area contributed by atoms with Crippen molar-refractivity contribution in [2.24, 2.45) is 0 Å². The molecule has 1 fully saturated rings. The van der Waals surface area contributed by atoms with Crippen molar-refractivity contribution in [3.63, 3.8) is 0 Å². The van der Waals surface area contributed by atoms with Crippen LogP contribution >= 0.6 is 11.8 Å². The van der Waals surface area contributed by atoms with Crippen molar-refractivity contribution in [1.82, 2.24) is 20.2 Å². The summed E-state index contributed by atoms with van der Waals surface area (Å²) >= 11 is 1.71. The second-order valence-electron chi connectivity index (χ2n) is 7.40. The zero-order valence-electron chi connectivity index (χ0n) is 17.4. The van der Waals surface area contributed by atoms with Gasteiger partial charge in [0, 0.05) is 34.1 Å². The van der Waals surface area contributed by atoms with E-state index in [1.807, 2.05) is 30.5 Å². The first-order chi connectivity index (χ1) is 15.2. The van der Waals surface area contributed by atoms with Gasteiger partial charge in [-0.15, -0.1) is 0 Å². The van der Waals surface area contributed by atoms with Gasteiger partial charge in [0.2, 0.25) is 0 Å². The summed E-state index contributed by atoms with van der Waals surface area (Å²) in [6.45, 7) is 4.37. The van der Waals surface area contributed by atoms with Crippen LogP contribution in [0.1, 0.15) is 6.92 Å². The molecule has 1 aromatic carbocycles. The molecule has 5 rings (SSSR count). The second-order valence-corrected chi connectivity index (χ2v) is 8.51. The van der Waals surface area contributed by atoms with E-state index in [9.17, 15) is 0 Å². The van der Waals surface area contributed by atoms with Gasteiger partial charge < -0.3 is 14.4 Å². The third kappa shape index (κ3) is 3.96. The molecule has 7 nitrogen and oxygen atoms in total. The van der Waals surface area contributed by atoms with E-state index in [2.05, 4.69) is 45.2 Å². The van der Waals surface area contributed by atoms with Gasteiger partial charge in [-0.25, -0.2) is 4.98 Å². The van der Waals surface area contributed by atoms with E-state index >= 15 is 0 Å². The SMILES string of the molecule is COc1ccc(Sc2cc(N3CCOCC3C)nc3c(-c4ccn[nH]4)nccc23)cc1. The van der Waals surface area contributed by atoms with Crippen LogP contribution in [0.2, 0.25) is 0 Å². The Morgan fingerprint density at radius 3 is 2.77 bits per heavy atom. The predicted molar refractivity (Wildman–Crippen MR) is 122 cm³/mol. The third-order valence-corrected chi connectivity index (χ3v) is 6.45. The van der Waals surface area contributed by atoms with Crippen LogP contribution in [0.15, 0.2) is 64.6 Å². The molecule has 0 spiro atoms. The minimum absolute atomic E-state index is 0.254. The molecule has 4 heterocycles. The number of aromatic nitrogens is 4. The number of H-pyrrole nitrogens is 1. The van der Waals surface area contributed by atoms with Crippen LogP contribution in [0.25, 0.3) is 22.3 Å². The molecular formula is C23H23N5O2S. The van der Waals surface area contributed by atoms with Gasteiger partial charge in [0.1, 0.15) is 22.8 Å². The Kier molecular flexibility index (Phi) is 5.48. The first kappa shape index (κ1) is 19.8. The van der Waals surface area contributed by atoms with Crippen LogP contribution in [0.5, 0.6) is 5.75 Å². The van der Waals surface area contributed by atoms with Crippen LogP contribution in [-0.2, 0) is 4.74 Å². The molecule has 1 atom stereocenters. The standard InChI is InChI=1S/C23H23N5O2S/c1-15-14-30-12-11-28(15)21-13-20(31-17-5-3-16(29-2)4-6-17)18-7-9-24-23(22(18)26-21)19-8-10-25-27-19/h3-10,13,15H,11-12,14H2,1-2H3,(H,25,27). The van der Waals surface area contributed by atoms with Crippen LogP contribution in [0.3, 0.4) is 0 Å². The molecule has 1 N–H and O–H groups in total. The molecule has 1 aliphatic rings.